The molecule has 5 heteroatoms. The van der Waals surface area contributed by atoms with E-state index in [9.17, 15) is 0 Å². The van der Waals surface area contributed by atoms with E-state index in [0.29, 0.717) is 5.92 Å². The molecule has 0 aliphatic carbocycles. The number of hydrogen-bond donors (Lipinski definition) is 1. The molecule has 0 radical (unpaired) electrons. The van der Waals surface area contributed by atoms with Gasteiger partial charge in [0.15, 0.2) is 0 Å². The van der Waals surface area contributed by atoms with Gasteiger partial charge in [0.25, 0.3) is 0 Å². The number of halogens is 1. The standard InChI is InChI=1S/C15H20BrN3O/c1-9-15-13(18-19(9)3)6-12(16)7-14(15)20-10(2)11-4-5-17-8-11/h6-7,10-11,17H,4-5,8H2,1-3H3/t10-,11-/m1/s1. The molecule has 2 atom stereocenters. The topological polar surface area (TPSA) is 39.1 Å². The lowest BCUT2D eigenvalue weighted by Gasteiger charge is -2.21. The average molecular weight is 338 g/mol. The fourth-order valence-electron chi connectivity index (χ4n) is 2.88. The van der Waals surface area contributed by atoms with E-state index >= 15 is 0 Å². The van der Waals surface area contributed by atoms with Gasteiger partial charge in [-0.05, 0) is 38.9 Å². The molecule has 0 bridgehead atoms. The van der Waals surface area contributed by atoms with Crippen molar-refractivity contribution in [3.8, 4) is 5.75 Å². The van der Waals surface area contributed by atoms with Crippen LogP contribution >= 0.6 is 15.9 Å². The maximum absolute atomic E-state index is 6.26. The fraction of sp³-hybridized carbons (Fsp3) is 0.533. The first-order chi connectivity index (χ1) is 9.56. The molecule has 3 rings (SSSR count). The quantitative estimate of drug-likeness (QED) is 0.935. The molecule has 0 amide bonds. The van der Waals surface area contributed by atoms with Gasteiger partial charge in [-0.25, -0.2) is 0 Å². The Balaban J connectivity index is 1.97. The number of ether oxygens (including phenoxy) is 1. The van der Waals surface area contributed by atoms with Crippen LogP contribution in [0.3, 0.4) is 0 Å². The molecule has 1 aromatic heterocycles. The molecule has 1 aliphatic heterocycles. The lowest BCUT2D eigenvalue weighted by Crippen LogP contribution is -2.25. The highest BCUT2D eigenvalue weighted by Gasteiger charge is 2.24. The smallest absolute Gasteiger partial charge is 0.132 e. The second kappa shape index (κ2) is 5.37. The maximum Gasteiger partial charge on any atom is 0.132 e. The summed E-state index contributed by atoms with van der Waals surface area (Å²) in [6, 6.07) is 4.09. The third-order valence-electron chi connectivity index (χ3n) is 4.23. The zero-order chi connectivity index (χ0) is 14.3. The molecule has 20 heavy (non-hydrogen) atoms. The lowest BCUT2D eigenvalue weighted by molar-refractivity contribution is 0.163. The van der Waals surface area contributed by atoms with Crippen molar-refractivity contribution >= 4 is 26.8 Å². The Bertz CT molecular complexity index is 632. The first kappa shape index (κ1) is 13.9. The molecule has 2 heterocycles. The van der Waals surface area contributed by atoms with Crippen molar-refractivity contribution < 1.29 is 4.74 Å². The molecule has 108 valence electrons. The molecule has 0 spiro atoms. The van der Waals surface area contributed by atoms with Crippen LogP contribution in [0.15, 0.2) is 16.6 Å². The minimum absolute atomic E-state index is 0.210. The third kappa shape index (κ3) is 2.44. The van der Waals surface area contributed by atoms with E-state index in [1.165, 1.54) is 6.42 Å². The third-order valence-corrected chi connectivity index (χ3v) is 4.68. The number of aryl methyl sites for hydroxylation is 2. The van der Waals surface area contributed by atoms with E-state index in [1.807, 2.05) is 17.8 Å². The fourth-order valence-corrected chi connectivity index (χ4v) is 3.30. The molecule has 0 saturated carbocycles. The molecule has 2 aromatic rings. The molecule has 1 aliphatic rings. The first-order valence-corrected chi connectivity index (χ1v) is 7.86. The van der Waals surface area contributed by atoms with Crippen molar-refractivity contribution in [3.63, 3.8) is 0 Å². The van der Waals surface area contributed by atoms with Crippen molar-refractivity contribution in [1.82, 2.24) is 15.1 Å². The second-order valence-electron chi connectivity index (χ2n) is 5.58. The van der Waals surface area contributed by atoms with Gasteiger partial charge >= 0.3 is 0 Å². The van der Waals surface area contributed by atoms with E-state index in [4.69, 9.17) is 4.74 Å². The van der Waals surface area contributed by atoms with Crippen molar-refractivity contribution in [2.24, 2.45) is 13.0 Å². The Hall–Kier alpha value is -1.07. The number of rotatable bonds is 3. The number of benzene rings is 1. The Morgan fingerprint density at radius 1 is 1.50 bits per heavy atom. The van der Waals surface area contributed by atoms with Crippen LogP contribution in [0.2, 0.25) is 0 Å². The van der Waals surface area contributed by atoms with E-state index < -0.39 is 0 Å². The molecular formula is C15H20BrN3O. The molecule has 1 aromatic carbocycles. The molecular weight excluding hydrogens is 318 g/mol. The highest BCUT2D eigenvalue weighted by Crippen LogP contribution is 2.33. The second-order valence-corrected chi connectivity index (χ2v) is 6.50. The SMILES string of the molecule is Cc1c2c(O[C@H](C)[C@@H]3CCNC3)cc(Br)cc2nn1C. The van der Waals surface area contributed by atoms with E-state index in [1.54, 1.807) is 0 Å². The van der Waals surface area contributed by atoms with Crippen LogP contribution in [0.4, 0.5) is 0 Å². The zero-order valence-electron chi connectivity index (χ0n) is 12.1. The Kier molecular flexibility index (Phi) is 3.73. The van der Waals surface area contributed by atoms with E-state index in [2.05, 4.69) is 46.3 Å². The van der Waals surface area contributed by atoms with Crippen LogP contribution in [-0.2, 0) is 7.05 Å². The normalized spacial score (nSPS) is 20.5. The van der Waals surface area contributed by atoms with Gasteiger partial charge in [-0.3, -0.25) is 4.68 Å². The first-order valence-electron chi connectivity index (χ1n) is 7.06. The Morgan fingerprint density at radius 3 is 3.00 bits per heavy atom. The van der Waals surface area contributed by atoms with Gasteiger partial charge in [-0.15, -0.1) is 0 Å². The molecule has 0 unspecified atom stereocenters. The predicted octanol–water partition coefficient (Wildman–Crippen LogP) is 3.02. The molecule has 4 nitrogen and oxygen atoms in total. The van der Waals surface area contributed by atoms with E-state index in [0.717, 1.165) is 39.9 Å². The summed E-state index contributed by atoms with van der Waals surface area (Å²) in [6.45, 7) is 6.39. The van der Waals surface area contributed by atoms with Crippen LogP contribution in [0, 0.1) is 12.8 Å². The summed E-state index contributed by atoms with van der Waals surface area (Å²) in [4.78, 5) is 0. The summed E-state index contributed by atoms with van der Waals surface area (Å²) in [5, 5.41) is 9.05. The van der Waals surface area contributed by atoms with Crippen LogP contribution in [0.5, 0.6) is 5.75 Å². The summed E-state index contributed by atoms with van der Waals surface area (Å²) >= 11 is 3.55. The number of fused-ring (bicyclic) bond motifs is 1. The van der Waals surface area contributed by atoms with Gasteiger partial charge in [-0.1, -0.05) is 15.9 Å². The monoisotopic (exact) mass is 337 g/mol. The van der Waals surface area contributed by atoms with Gasteiger partial charge in [-0.2, -0.15) is 5.10 Å². The van der Waals surface area contributed by atoms with Crippen LogP contribution in [0.1, 0.15) is 19.0 Å². The Morgan fingerprint density at radius 2 is 2.30 bits per heavy atom. The summed E-state index contributed by atoms with van der Waals surface area (Å²) < 4.78 is 9.18. The number of hydrogen-bond acceptors (Lipinski definition) is 3. The van der Waals surface area contributed by atoms with E-state index in [-0.39, 0.29) is 6.10 Å². The minimum atomic E-state index is 0.210. The highest BCUT2D eigenvalue weighted by atomic mass is 79.9. The van der Waals surface area contributed by atoms with Crippen molar-refractivity contribution in [2.45, 2.75) is 26.4 Å². The molecule has 1 fully saturated rings. The minimum Gasteiger partial charge on any atom is -0.490 e. The summed E-state index contributed by atoms with van der Waals surface area (Å²) in [7, 11) is 1.97. The number of nitrogens with zero attached hydrogens (tertiary/aromatic N) is 2. The predicted molar refractivity (Wildman–Crippen MR) is 84.2 cm³/mol. The van der Waals surface area contributed by atoms with Gasteiger partial charge in [0.2, 0.25) is 0 Å². The summed E-state index contributed by atoms with van der Waals surface area (Å²) in [6.07, 6.45) is 1.40. The Labute approximate surface area is 127 Å². The number of nitrogens with one attached hydrogen (secondary N) is 1. The highest BCUT2D eigenvalue weighted by molar-refractivity contribution is 9.10. The molecule has 1 saturated heterocycles. The van der Waals surface area contributed by atoms with Gasteiger partial charge in [0.1, 0.15) is 5.75 Å². The van der Waals surface area contributed by atoms with Crippen molar-refractivity contribution in [1.29, 1.82) is 0 Å². The van der Waals surface area contributed by atoms with Crippen molar-refractivity contribution in [2.75, 3.05) is 13.1 Å². The van der Waals surface area contributed by atoms with Crippen LogP contribution in [-0.4, -0.2) is 29.0 Å². The van der Waals surface area contributed by atoms with Gasteiger partial charge in [0.05, 0.1) is 17.0 Å². The molecule has 1 N–H and O–H groups in total. The van der Waals surface area contributed by atoms with Gasteiger partial charge in [0, 0.05) is 29.7 Å². The van der Waals surface area contributed by atoms with Gasteiger partial charge < -0.3 is 10.1 Å². The maximum atomic E-state index is 6.26. The lowest BCUT2D eigenvalue weighted by atomic mass is 10.0. The van der Waals surface area contributed by atoms with Crippen molar-refractivity contribution in [3.05, 3.63) is 22.3 Å². The average Bonchev–Trinajstić information content (AvgIpc) is 2.99. The zero-order valence-corrected chi connectivity index (χ0v) is 13.7. The summed E-state index contributed by atoms with van der Waals surface area (Å²) in [5.74, 6) is 1.51. The van der Waals surface area contributed by atoms with Crippen LogP contribution < -0.4 is 10.1 Å². The number of aromatic nitrogens is 2. The van der Waals surface area contributed by atoms with Crippen LogP contribution in [0.25, 0.3) is 10.9 Å². The summed E-state index contributed by atoms with van der Waals surface area (Å²) in [5.41, 5.74) is 2.12. The largest absolute Gasteiger partial charge is 0.490 e.